The van der Waals surface area contributed by atoms with E-state index in [1.54, 1.807) is 12.1 Å². The van der Waals surface area contributed by atoms with Crippen molar-refractivity contribution in [2.24, 2.45) is 0 Å². The maximum absolute atomic E-state index is 12.2. The van der Waals surface area contributed by atoms with Gasteiger partial charge in [0.1, 0.15) is 0 Å². The van der Waals surface area contributed by atoms with Crippen LogP contribution in [0, 0.1) is 0 Å². The SMILES string of the molecule is O=C(CN1CCN(CC(O)c2ccccc2)CC1)NCc1ccc(Cl)cc1Cl. The van der Waals surface area contributed by atoms with Crippen molar-refractivity contribution in [1.82, 2.24) is 15.1 Å². The Morgan fingerprint density at radius 2 is 1.71 bits per heavy atom. The van der Waals surface area contributed by atoms with E-state index in [0.29, 0.717) is 29.7 Å². The fourth-order valence-electron chi connectivity index (χ4n) is 3.27. The number of aliphatic hydroxyl groups excluding tert-OH is 1. The van der Waals surface area contributed by atoms with Crippen LogP contribution in [0.1, 0.15) is 17.2 Å². The molecule has 1 aliphatic rings. The molecule has 0 saturated carbocycles. The summed E-state index contributed by atoms with van der Waals surface area (Å²) >= 11 is 12.0. The van der Waals surface area contributed by atoms with Gasteiger partial charge in [-0.2, -0.15) is 0 Å². The molecule has 1 atom stereocenters. The first-order valence-corrected chi connectivity index (χ1v) is 10.1. The van der Waals surface area contributed by atoms with Gasteiger partial charge in [-0.05, 0) is 23.3 Å². The molecule has 7 heteroatoms. The Labute approximate surface area is 175 Å². The molecule has 1 saturated heterocycles. The van der Waals surface area contributed by atoms with Gasteiger partial charge in [-0.15, -0.1) is 0 Å². The standard InChI is InChI=1S/C21H25Cl2N3O2/c22-18-7-6-17(19(23)12-18)13-24-21(28)15-26-10-8-25(9-11-26)14-20(27)16-4-2-1-3-5-16/h1-7,12,20,27H,8-11,13-15H2,(H,24,28). The largest absolute Gasteiger partial charge is 0.387 e. The van der Waals surface area contributed by atoms with Crippen LogP contribution in [0.4, 0.5) is 0 Å². The fourth-order valence-corrected chi connectivity index (χ4v) is 3.75. The molecule has 5 nitrogen and oxygen atoms in total. The molecule has 0 aromatic heterocycles. The fraction of sp³-hybridized carbons (Fsp3) is 0.381. The van der Waals surface area contributed by atoms with Crippen LogP contribution in [-0.2, 0) is 11.3 Å². The normalized spacial score (nSPS) is 16.7. The highest BCUT2D eigenvalue weighted by Crippen LogP contribution is 2.20. The molecule has 0 radical (unpaired) electrons. The maximum Gasteiger partial charge on any atom is 0.234 e. The quantitative estimate of drug-likeness (QED) is 0.721. The molecule has 3 rings (SSSR count). The molecule has 150 valence electrons. The summed E-state index contributed by atoms with van der Waals surface area (Å²) in [6, 6.07) is 15.0. The van der Waals surface area contributed by atoms with Crippen LogP contribution in [0.25, 0.3) is 0 Å². The van der Waals surface area contributed by atoms with Crippen molar-refractivity contribution in [3.8, 4) is 0 Å². The van der Waals surface area contributed by atoms with Crippen LogP contribution in [0.15, 0.2) is 48.5 Å². The van der Waals surface area contributed by atoms with Gasteiger partial charge in [-0.25, -0.2) is 0 Å². The van der Waals surface area contributed by atoms with Crippen LogP contribution in [0.5, 0.6) is 0 Å². The van der Waals surface area contributed by atoms with Crippen molar-refractivity contribution in [2.75, 3.05) is 39.3 Å². The number of piperazine rings is 1. The average Bonchev–Trinajstić information content (AvgIpc) is 2.69. The molecule has 0 spiro atoms. The minimum atomic E-state index is -0.486. The summed E-state index contributed by atoms with van der Waals surface area (Å²) < 4.78 is 0. The van der Waals surface area contributed by atoms with Crippen molar-refractivity contribution in [3.05, 3.63) is 69.7 Å². The van der Waals surface area contributed by atoms with E-state index in [0.717, 1.165) is 37.3 Å². The van der Waals surface area contributed by atoms with Crippen molar-refractivity contribution in [3.63, 3.8) is 0 Å². The number of carbonyl (C=O) groups is 1. The van der Waals surface area contributed by atoms with Gasteiger partial charge in [0.2, 0.25) is 5.91 Å². The topological polar surface area (TPSA) is 55.8 Å². The molecule has 1 fully saturated rings. The predicted octanol–water partition coefficient (Wildman–Crippen LogP) is 2.96. The van der Waals surface area contributed by atoms with Crippen molar-refractivity contribution in [1.29, 1.82) is 0 Å². The van der Waals surface area contributed by atoms with E-state index in [9.17, 15) is 9.90 Å². The Hall–Kier alpha value is -1.63. The molecule has 28 heavy (non-hydrogen) atoms. The van der Waals surface area contributed by atoms with Crippen LogP contribution in [-0.4, -0.2) is 60.1 Å². The van der Waals surface area contributed by atoms with Crippen LogP contribution < -0.4 is 5.32 Å². The van der Waals surface area contributed by atoms with Gasteiger partial charge in [0.05, 0.1) is 12.6 Å². The summed E-state index contributed by atoms with van der Waals surface area (Å²) in [6.07, 6.45) is -0.486. The molecule has 1 unspecified atom stereocenters. The average molecular weight is 422 g/mol. The number of nitrogens with zero attached hydrogens (tertiary/aromatic N) is 2. The molecule has 1 heterocycles. The minimum absolute atomic E-state index is 0.0243. The van der Waals surface area contributed by atoms with Gasteiger partial charge in [0.25, 0.3) is 0 Å². The highest BCUT2D eigenvalue weighted by Gasteiger charge is 2.21. The lowest BCUT2D eigenvalue weighted by Gasteiger charge is -2.35. The second kappa shape index (κ2) is 10.2. The summed E-state index contributed by atoms with van der Waals surface area (Å²) in [5.74, 6) is -0.0243. The second-order valence-electron chi connectivity index (χ2n) is 7.02. The van der Waals surface area contributed by atoms with E-state index >= 15 is 0 Å². The first-order chi connectivity index (χ1) is 13.5. The number of hydrogen-bond acceptors (Lipinski definition) is 4. The Balaban J connectivity index is 1.38. The molecule has 0 bridgehead atoms. The molecule has 2 aromatic carbocycles. The van der Waals surface area contributed by atoms with Crippen LogP contribution in [0.3, 0.4) is 0 Å². The second-order valence-corrected chi connectivity index (χ2v) is 7.86. The molecule has 2 aromatic rings. The van der Waals surface area contributed by atoms with Gasteiger partial charge < -0.3 is 10.4 Å². The number of benzene rings is 2. The summed E-state index contributed by atoms with van der Waals surface area (Å²) in [4.78, 5) is 16.6. The Morgan fingerprint density at radius 1 is 1.04 bits per heavy atom. The number of amides is 1. The van der Waals surface area contributed by atoms with Crippen molar-refractivity contribution in [2.45, 2.75) is 12.6 Å². The third-order valence-corrected chi connectivity index (χ3v) is 5.53. The lowest BCUT2D eigenvalue weighted by Crippen LogP contribution is -2.50. The highest BCUT2D eigenvalue weighted by atomic mass is 35.5. The number of rotatable bonds is 7. The smallest absolute Gasteiger partial charge is 0.234 e. The monoisotopic (exact) mass is 421 g/mol. The number of halogens is 2. The number of aliphatic hydroxyl groups is 1. The zero-order chi connectivity index (χ0) is 19.9. The number of hydrogen-bond donors (Lipinski definition) is 2. The first-order valence-electron chi connectivity index (χ1n) is 9.39. The van der Waals surface area contributed by atoms with Gasteiger partial charge in [0, 0.05) is 49.3 Å². The number of β-amino-alcohol motifs (C(OH)–C–C–N with tert-alkyl or cyclic N) is 1. The molecule has 2 N–H and O–H groups in total. The zero-order valence-corrected chi connectivity index (χ0v) is 17.2. The van der Waals surface area contributed by atoms with E-state index in [1.807, 2.05) is 36.4 Å². The predicted molar refractivity (Wildman–Crippen MR) is 113 cm³/mol. The van der Waals surface area contributed by atoms with Gasteiger partial charge in [0.15, 0.2) is 0 Å². The van der Waals surface area contributed by atoms with E-state index < -0.39 is 6.10 Å². The maximum atomic E-state index is 12.2. The molecule has 1 amide bonds. The minimum Gasteiger partial charge on any atom is -0.387 e. The number of nitrogens with one attached hydrogen (secondary N) is 1. The van der Waals surface area contributed by atoms with Gasteiger partial charge >= 0.3 is 0 Å². The van der Waals surface area contributed by atoms with Crippen LogP contribution >= 0.6 is 23.2 Å². The van der Waals surface area contributed by atoms with Crippen molar-refractivity contribution >= 4 is 29.1 Å². The van der Waals surface area contributed by atoms with E-state index in [4.69, 9.17) is 23.2 Å². The van der Waals surface area contributed by atoms with E-state index in [-0.39, 0.29) is 5.91 Å². The Bertz CT molecular complexity index is 780. The summed E-state index contributed by atoms with van der Waals surface area (Å²) in [6.45, 7) is 4.63. The van der Waals surface area contributed by atoms with Crippen LogP contribution in [0.2, 0.25) is 10.0 Å². The summed E-state index contributed by atoms with van der Waals surface area (Å²) in [7, 11) is 0. The molecule has 1 aliphatic heterocycles. The lowest BCUT2D eigenvalue weighted by atomic mass is 10.1. The van der Waals surface area contributed by atoms with E-state index in [2.05, 4.69) is 15.1 Å². The van der Waals surface area contributed by atoms with Crippen molar-refractivity contribution < 1.29 is 9.90 Å². The third-order valence-electron chi connectivity index (χ3n) is 4.94. The first kappa shape index (κ1) is 21.1. The third kappa shape index (κ3) is 6.19. The van der Waals surface area contributed by atoms with E-state index in [1.165, 1.54) is 0 Å². The number of carbonyl (C=O) groups excluding carboxylic acids is 1. The molecular weight excluding hydrogens is 397 g/mol. The Morgan fingerprint density at radius 3 is 2.39 bits per heavy atom. The highest BCUT2D eigenvalue weighted by molar-refractivity contribution is 6.35. The Kier molecular flexibility index (Phi) is 7.71. The molecular formula is C21H25Cl2N3O2. The lowest BCUT2D eigenvalue weighted by molar-refractivity contribution is -0.122. The molecule has 0 aliphatic carbocycles. The van der Waals surface area contributed by atoms with Gasteiger partial charge in [-0.3, -0.25) is 14.6 Å². The summed E-state index contributed by atoms with van der Waals surface area (Å²) in [5, 5.41) is 14.4. The van der Waals surface area contributed by atoms with Gasteiger partial charge in [-0.1, -0.05) is 59.6 Å². The zero-order valence-electron chi connectivity index (χ0n) is 15.7. The summed E-state index contributed by atoms with van der Waals surface area (Å²) in [5.41, 5.74) is 1.78.